The van der Waals surface area contributed by atoms with E-state index in [4.69, 9.17) is 4.74 Å². The van der Waals surface area contributed by atoms with E-state index in [0.717, 1.165) is 25.4 Å². The van der Waals surface area contributed by atoms with Gasteiger partial charge >= 0.3 is 0 Å². The number of epoxide rings is 1. The minimum Gasteiger partial charge on any atom is -0.369 e. The Morgan fingerprint density at radius 1 is 1.39 bits per heavy atom. The smallest absolute Gasteiger partial charge is 0.145 e. The standard InChI is InChI=1S/C15H20O3/c1-9(6-16)12-11(7-17)15(8-18-15)5-4-10-13(12)14(10,2)3/h6-7,10-13H,1,4-5,8H2,2-3H3/t10-,11+,12-,13-,15+/m0/s1. The summed E-state index contributed by atoms with van der Waals surface area (Å²) >= 11 is 0. The topological polar surface area (TPSA) is 46.7 Å². The molecule has 0 N–H and O–H groups in total. The number of carbonyl (C=O) groups is 2. The highest BCUT2D eigenvalue weighted by Crippen LogP contribution is 2.70. The van der Waals surface area contributed by atoms with Crippen LogP contribution in [0.3, 0.4) is 0 Å². The van der Waals surface area contributed by atoms with E-state index in [-0.39, 0.29) is 22.9 Å². The molecule has 3 fully saturated rings. The third-order valence-electron chi connectivity index (χ3n) is 5.64. The third-order valence-corrected chi connectivity index (χ3v) is 5.64. The Morgan fingerprint density at radius 3 is 2.56 bits per heavy atom. The summed E-state index contributed by atoms with van der Waals surface area (Å²) in [4.78, 5) is 22.7. The second-order valence-corrected chi connectivity index (χ2v) is 6.73. The maximum Gasteiger partial charge on any atom is 0.145 e. The Labute approximate surface area is 108 Å². The molecule has 18 heavy (non-hydrogen) atoms. The minimum atomic E-state index is -0.276. The molecule has 1 heterocycles. The summed E-state index contributed by atoms with van der Waals surface area (Å²) in [5.74, 6) is 0.802. The quantitative estimate of drug-likeness (QED) is 0.436. The summed E-state index contributed by atoms with van der Waals surface area (Å²) in [6.45, 7) is 9.03. The number of carbonyl (C=O) groups excluding carboxylic acids is 2. The second kappa shape index (κ2) is 3.53. The molecule has 0 aromatic rings. The molecule has 0 amide bonds. The van der Waals surface area contributed by atoms with Gasteiger partial charge in [-0.3, -0.25) is 4.79 Å². The van der Waals surface area contributed by atoms with E-state index in [1.54, 1.807) is 0 Å². The van der Waals surface area contributed by atoms with E-state index in [2.05, 4.69) is 20.4 Å². The zero-order valence-electron chi connectivity index (χ0n) is 11.0. The first-order chi connectivity index (χ1) is 8.48. The molecular formula is C15H20O3. The van der Waals surface area contributed by atoms with Crippen LogP contribution in [-0.2, 0) is 14.3 Å². The Kier molecular flexibility index (Phi) is 2.37. The van der Waals surface area contributed by atoms with E-state index >= 15 is 0 Å². The van der Waals surface area contributed by atoms with Crippen molar-refractivity contribution in [2.45, 2.75) is 32.3 Å². The van der Waals surface area contributed by atoms with Gasteiger partial charge in [-0.15, -0.1) is 0 Å². The van der Waals surface area contributed by atoms with Gasteiger partial charge in [0, 0.05) is 5.92 Å². The number of rotatable bonds is 3. The molecule has 3 aliphatic rings. The van der Waals surface area contributed by atoms with Crippen molar-refractivity contribution in [3.63, 3.8) is 0 Å². The van der Waals surface area contributed by atoms with Crippen LogP contribution in [-0.4, -0.2) is 24.8 Å². The lowest BCUT2D eigenvalue weighted by Gasteiger charge is -2.28. The lowest BCUT2D eigenvalue weighted by molar-refractivity contribution is -0.115. The fourth-order valence-corrected chi connectivity index (χ4v) is 4.35. The molecule has 2 saturated carbocycles. The summed E-state index contributed by atoms with van der Waals surface area (Å²) in [5, 5.41) is 0. The van der Waals surface area contributed by atoms with E-state index in [1.165, 1.54) is 0 Å². The van der Waals surface area contributed by atoms with Gasteiger partial charge in [-0.2, -0.15) is 0 Å². The molecule has 0 unspecified atom stereocenters. The number of hydrogen-bond donors (Lipinski definition) is 0. The largest absolute Gasteiger partial charge is 0.369 e. The van der Waals surface area contributed by atoms with Crippen LogP contribution in [0, 0.1) is 29.1 Å². The van der Waals surface area contributed by atoms with Gasteiger partial charge in [0.05, 0.1) is 12.5 Å². The van der Waals surface area contributed by atoms with Crippen LogP contribution in [0.15, 0.2) is 12.2 Å². The van der Waals surface area contributed by atoms with Crippen molar-refractivity contribution >= 4 is 12.6 Å². The van der Waals surface area contributed by atoms with Crippen LogP contribution in [0.5, 0.6) is 0 Å². The van der Waals surface area contributed by atoms with Gasteiger partial charge < -0.3 is 9.53 Å². The number of ether oxygens (including phenoxy) is 1. The number of fused-ring (bicyclic) bond motifs is 1. The lowest BCUT2D eigenvalue weighted by Crippen LogP contribution is -2.35. The maximum absolute atomic E-state index is 11.5. The minimum absolute atomic E-state index is 0.0231. The predicted octanol–water partition coefficient (Wildman–Crippen LogP) is 2.01. The van der Waals surface area contributed by atoms with E-state index in [1.807, 2.05) is 0 Å². The lowest BCUT2D eigenvalue weighted by atomic mass is 9.74. The number of aldehydes is 2. The molecule has 5 atom stereocenters. The zero-order chi connectivity index (χ0) is 13.1. The molecule has 0 aromatic carbocycles. The molecule has 0 bridgehead atoms. The van der Waals surface area contributed by atoms with Crippen LogP contribution >= 0.6 is 0 Å². The summed E-state index contributed by atoms with van der Waals surface area (Å²) in [7, 11) is 0. The average molecular weight is 248 g/mol. The Balaban J connectivity index is 1.99. The molecule has 3 rings (SSSR count). The van der Waals surface area contributed by atoms with Gasteiger partial charge in [-0.05, 0) is 35.7 Å². The molecule has 98 valence electrons. The van der Waals surface area contributed by atoms with E-state index < -0.39 is 0 Å². The number of hydrogen-bond acceptors (Lipinski definition) is 3. The summed E-state index contributed by atoms with van der Waals surface area (Å²) in [5.41, 5.74) is 0.528. The first-order valence-corrected chi connectivity index (χ1v) is 6.71. The van der Waals surface area contributed by atoms with E-state index in [0.29, 0.717) is 24.0 Å². The summed E-state index contributed by atoms with van der Waals surface area (Å²) in [6.07, 6.45) is 3.88. The van der Waals surface area contributed by atoms with Crippen LogP contribution in [0.1, 0.15) is 26.7 Å². The van der Waals surface area contributed by atoms with Gasteiger partial charge in [0.1, 0.15) is 18.2 Å². The van der Waals surface area contributed by atoms with Crippen LogP contribution < -0.4 is 0 Å². The molecule has 1 saturated heterocycles. The molecule has 2 aliphatic carbocycles. The van der Waals surface area contributed by atoms with Crippen molar-refractivity contribution in [1.82, 2.24) is 0 Å². The molecule has 3 heteroatoms. The predicted molar refractivity (Wildman–Crippen MR) is 66.9 cm³/mol. The highest BCUT2D eigenvalue weighted by Gasteiger charge is 2.69. The molecule has 1 aliphatic heterocycles. The van der Waals surface area contributed by atoms with Crippen molar-refractivity contribution < 1.29 is 14.3 Å². The van der Waals surface area contributed by atoms with Crippen molar-refractivity contribution in [2.75, 3.05) is 6.61 Å². The molecule has 0 aromatic heterocycles. The van der Waals surface area contributed by atoms with Gasteiger partial charge in [-0.1, -0.05) is 20.4 Å². The molecule has 1 spiro atoms. The van der Waals surface area contributed by atoms with Crippen LogP contribution in [0.2, 0.25) is 0 Å². The maximum atomic E-state index is 11.5. The Bertz CT molecular complexity index is 419. The molecule has 0 radical (unpaired) electrons. The normalized spacial score (nSPS) is 47.9. The van der Waals surface area contributed by atoms with Crippen LogP contribution in [0.25, 0.3) is 0 Å². The first-order valence-electron chi connectivity index (χ1n) is 6.71. The Morgan fingerprint density at radius 2 is 2.06 bits per heavy atom. The third kappa shape index (κ3) is 1.40. The number of allylic oxidation sites excluding steroid dienone is 1. The fourth-order valence-electron chi connectivity index (χ4n) is 4.35. The Hall–Kier alpha value is -0.960. The van der Waals surface area contributed by atoms with E-state index in [9.17, 15) is 9.59 Å². The van der Waals surface area contributed by atoms with Crippen molar-refractivity contribution in [1.29, 1.82) is 0 Å². The highest BCUT2D eigenvalue weighted by atomic mass is 16.6. The van der Waals surface area contributed by atoms with Gasteiger partial charge in [-0.25, -0.2) is 0 Å². The monoisotopic (exact) mass is 248 g/mol. The summed E-state index contributed by atoms with van der Waals surface area (Å²) in [6, 6.07) is 0. The van der Waals surface area contributed by atoms with Crippen molar-refractivity contribution in [3.8, 4) is 0 Å². The highest BCUT2D eigenvalue weighted by molar-refractivity contribution is 5.75. The van der Waals surface area contributed by atoms with Gasteiger partial charge in [0.15, 0.2) is 0 Å². The average Bonchev–Trinajstić information content (AvgIpc) is 3.21. The molecule has 3 nitrogen and oxygen atoms in total. The van der Waals surface area contributed by atoms with Gasteiger partial charge in [0.2, 0.25) is 0 Å². The second-order valence-electron chi connectivity index (χ2n) is 6.73. The zero-order valence-corrected chi connectivity index (χ0v) is 11.0. The van der Waals surface area contributed by atoms with Crippen molar-refractivity contribution in [2.24, 2.45) is 29.1 Å². The van der Waals surface area contributed by atoms with Crippen molar-refractivity contribution in [3.05, 3.63) is 12.2 Å². The van der Waals surface area contributed by atoms with Gasteiger partial charge in [0.25, 0.3) is 0 Å². The molecular weight excluding hydrogens is 228 g/mol. The fraction of sp³-hybridized carbons (Fsp3) is 0.733. The first kappa shape index (κ1) is 12.1. The SMILES string of the molecule is C=C(C=O)[C@@H]1[C@@H]2[C@H](CC[C@@]3(CO3)[C@@H]1C=O)C2(C)C. The summed E-state index contributed by atoms with van der Waals surface area (Å²) < 4.78 is 5.59. The van der Waals surface area contributed by atoms with Crippen LogP contribution in [0.4, 0.5) is 0 Å².